The van der Waals surface area contributed by atoms with Crippen molar-refractivity contribution in [3.63, 3.8) is 0 Å². The molecule has 3 N–H and O–H groups in total. The molecule has 4 aliphatic rings. The Hall–Kier alpha value is -9.69. The highest BCUT2D eigenvalue weighted by molar-refractivity contribution is 6.92. The number of rotatable bonds is 20. The molecule has 2 heterocycles. The van der Waals surface area contributed by atoms with Crippen LogP contribution in [0, 0.1) is 0 Å². The number of nitrogens with zero attached hydrogens (tertiary/aromatic N) is 2. The second-order valence-corrected chi connectivity index (χ2v) is 23.3. The summed E-state index contributed by atoms with van der Waals surface area (Å²) in [6.07, 6.45) is 7.92. The molecule has 0 fully saturated rings. The van der Waals surface area contributed by atoms with Gasteiger partial charge in [0.1, 0.15) is 70.4 Å². The topological polar surface area (TPSA) is 188 Å². The Balaban J connectivity index is 0.000000204. The van der Waals surface area contributed by atoms with E-state index < -0.39 is 11.2 Å². The number of ether oxygens (including phenoxy) is 10. The predicted molar refractivity (Wildman–Crippen MR) is 385 cm³/mol. The zero-order valence-electron chi connectivity index (χ0n) is 55.7. The summed E-state index contributed by atoms with van der Waals surface area (Å²) in [4.78, 5) is 40.0. The SMILES string of the molecule is CCOc1cc(OC)c(C=O)c(OC)c1.CCOc1cc(OC)c(CNc2ccc3c(c2)C=CC(C)(CN(C)C(=O)OCC2c4ccccc4-c4ccccc42)O3)c(OC)c1.CN(CC1(C)C=Cc2cc(N)ccc2O1)C(=O)OCC1c2ccccc2-c2ccccc21.P.P. The van der Waals surface area contributed by atoms with Crippen LogP contribution in [0.1, 0.15) is 88.8 Å². The monoisotopic (exact) mass is 1320 g/mol. The summed E-state index contributed by atoms with van der Waals surface area (Å²) in [5.74, 6) is 5.15. The number of methoxy groups -OCH3 is 4. The fourth-order valence-electron chi connectivity index (χ4n) is 12.3. The number of nitrogens with one attached hydrogen (secondary N) is 1. The molecule has 0 saturated carbocycles. The van der Waals surface area contributed by atoms with Gasteiger partial charge in [-0.2, -0.15) is 19.8 Å². The molecule has 2 aliphatic heterocycles. The molecule has 4 atom stereocenters. The Bertz CT molecular complexity index is 3940. The maximum absolute atomic E-state index is 13.2. The van der Waals surface area contributed by atoms with E-state index >= 15 is 0 Å². The Morgan fingerprint density at radius 2 is 0.916 bits per heavy atom. The van der Waals surface area contributed by atoms with Crippen molar-refractivity contribution >= 4 is 61.8 Å². The number of benzene rings is 8. The lowest BCUT2D eigenvalue weighted by atomic mass is 9.98. The molecule has 0 bridgehead atoms. The standard InChI is InChI=1S/C38H40N2O6.C27H26N2O3.C11H14O4.2H3P/c1-6-44-27-20-35(42-4)32(36(21-27)43-5)22-39-26-15-16-34-25(19-26)17-18-38(2,46-34)24-40(3)37(41)45-23-33-30-13-9-7-11-28(30)29-12-8-10-14-31(29)33;1-27(14-13-18-15-19(28)11-12-25(18)32-27)17-29(2)26(30)31-16-24-22-9-5-3-7-20(22)21-8-4-6-10-23(21)24;1-4-15-8-5-10(13-2)9(7-12)11(6-8)14-3;;/h7-21,33,39H,6,22-24H2,1-5H3;3-15,24H,16-17,28H2,1-2H3;5-7H,4H2,1-3H3;2*1H3. The molecule has 0 aromatic heterocycles. The smallest absolute Gasteiger partial charge is 0.409 e. The molecule has 19 heteroatoms. The number of nitrogens with two attached hydrogens (primary N) is 1. The fraction of sp³-hybridized carbons (Fsp3) is 0.276. The van der Waals surface area contributed by atoms with Gasteiger partial charge in [-0.15, -0.1) is 0 Å². The molecular weight excluding hydrogens is 1240 g/mol. The van der Waals surface area contributed by atoms with E-state index in [9.17, 15) is 14.4 Å². The van der Waals surface area contributed by atoms with E-state index in [1.807, 2.05) is 149 Å². The average Bonchev–Trinajstić information content (AvgIpc) is 1.72. The van der Waals surface area contributed by atoms with Gasteiger partial charge in [0.2, 0.25) is 0 Å². The first-order valence-corrected chi connectivity index (χ1v) is 30.9. The highest BCUT2D eigenvalue weighted by atomic mass is 31.0. The first-order chi connectivity index (χ1) is 45.0. The van der Waals surface area contributed by atoms with E-state index in [2.05, 4.69) is 53.8 Å². The molecule has 0 radical (unpaired) electrons. The van der Waals surface area contributed by atoms with Crippen LogP contribution in [-0.2, 0) is 16.0 Å². The summed E-state index contributed by atoms with van der Waals surface area (Å²) in [7, 11) is 9.75. The number of likely N-dealkylation sites (N-methyl/N-ethyl adjacent to an activating group) is 2. The number of nitrogen functional groups attached to an aromatic ring is 1. The van der Waals surface area contributed by atoms with E-state index in [0.717, 1.165) is 33.9 Å². The minimum atomic E-state index is -0.717. The summed E-state index contributed by atoms with van der Waals surface area (Å²) < 4.78 is 56.6. The van der Waals surface area contributed by atoms with E-state index in [0.29, 0.717) is 91.5 Å². The zero-order valence-corrected chi connectivity index (χ0v) is 58.5. The zero-order chi connectivity index (χ0) is 65.8. The minimum Gasteiger partial charge on any atom is -0.496 e. The third-order valence-electron chi connectivity index (χ3n) is 16.7. The molecule has 8 aromatic carbocycles. The van der Waals surface area contributed by atoms with Crippen LogP contribution in [0.15, 0.2) is 170 Å². The average molecular weight is 1330 g/mol. The highest BCUT2D eigenvalue weighted by Crippen LogP contribution is 2.47. The highest BCUT2D eigenvalue weighted by Gasteiger charge is 2.36. The molecule has 0 spiro atoms. The molecule has 2 aliphatic carbocycles. The molecule has 498 valence electrons. The lowest BCUT2D eigenvalue weighted by Gasteiger charge is -2.34. The van der Waals surface area contributed by atoms with Crippen molar-refractivity contribution in [2.45, 2.75) is 57.3 Å². The maximum Gasteiger partial charge on any atom is 0.409 e. The van der Waals surface area contributed by atoms with Gasteiger partial charge >= 0.3 is 12.2 Å². The summed E-state index contributed by atoms with van der Waals surface area (Å²) >= 11 is 0. The number of carbonyl (C=O) groups is 3. The van der Waals surface area contributed by atoms with Crippen LogP contribution >= 0.6 is 19.8 Å². The van der Waals surface area contributed by atoms with E-state index in [4.69, 9.17) is 53.1 Å². The van der Waals surface area contributed by atoms with Crippen molar-refractivity contribution in [3.8, 4) is 68.2 Å². The van der Waals surface area contributed by atoms with Crippen LogP contribution in [0.2, 0.25) is 0 Å². The molecule has 12 rings (SSSR count). The van der Waals surface area contributed by atoms with Gasteiger partial charge in [-0.25, -0.2) is 9.59 Å². The van der Waals surface area contributed by atoms with Crippen LogP contribution in [-0.4, -0.2) is 122 Å². The lowest BCUT2D eigenvalue weighted by molar-refractivity contribution is 0.0667. The molecular formula is C76H86N4O13P2. The third-order valence-corrected chi connectivity index (χ3v) is 16.7. The fourth-order valence-corrected chi connectivity index (χ4v) is 12.3. The van der Waals surface area contributed by atoms with Crippen molar-refractivity contribution in [1.82, 2.24) is 9.80 Å². The molecule has 8 aromatic rings. The number of carbonyl (C=O) groups excluding carboxylic acids is 3. The Labute approximate surface area is 563 Å². The van der Waals surface area contributed by atoms with Crippen LogP contribution in [0.4, 0.5) is 21.0 Å². The molecule has 2 amide bonds. The second kappa shape index (κ2) is 32.0. The van der Waals surface area contributed by atoms with Crippen molar-refractivity contribution in [2.75, 3.05) is 93.1 Å². The second-order valence-electron chi connectivity index (χ2n) is 23.3. The summed E-state index contributed by atoms with van der Waals surface area (Å²) in [5.41, 5.74) is 18.9. The first kappa shape index (κ1) is 71.2. The van der Waals surface area contributed by atoms with Crippen molar-refractivity contribution in [2.24, 2.45) is 0 Å². The number of fused-ring (bicyclic) bond motifs is 8. The first-order valence-electron chi connectivity index (χ1n) is 30.9. The van der Waals surface area contributed by atoms with Crippen LogP contribution in [0.5, 0.6) is 46.0 Å². The van der Waals surface area contributed by atoms with Gasteiger partial charge in [-0.1, -0.05) is 109 Å². The quantitative estimate of drug-likeness (QED) is 0.0416. The number of hydrogen-bond acceptors (Lipinski definition) is 15. The Morgan fingerprint density at radius 1 is 0.537 bits per heavy atom. The van der Waals surface area contributed by atoms with Gasteiger partial charge in [-0.3, -0.25) is 4.79 Å². The van der Waals surface area contributed by atoms with E-state index in [-0.39, 0.29) is 50.4 Å². The van der Waals surface area contributed by atoms with Crippen molar-refractivity contribution in [3.05, 3.63) is 214 Å². The number of amides is 2. The largest absolute Gasteiger partial charge is 0.496 e. The van der Waals surface area contributed by atoms with E-state index in [1.165, 1.54) is 58.7 Å². The minimum absolute atomic E-state index is 0. The van der Waals surface area contributed by atoms with Gasteiger partial charge in [0.05, 0.1) is 65.9 Å². The summed E-state index contributed by atoms with van der Waals surface area (Å²) in [5, 5.41) is 3.47. The predicted octanol–water partition coefficient (Wildman–Crippen LogP) is 15.1. The molecule has 0 saturated heterocycles. The van der Waals surface area contributed by atoms with Gasteiger partial charge in [0, 0.05) is 79.2 Å². The van der Waals surface area contributed by atoms with Gasteiger partial charge in [0.15, 0.2) is 6.29 Å². The summed E-state index contributed by atoms with van der Waals surface area (Å²) in [6.45, 7) is 10.6. The van der Waals surface area contributed by atoms with E-state index in [1.54, 1.807) is 50.2 Å². The van der Waals surface area contributed by atoms with Crippen LogP contribution < -0.4 is 48.9 Å². The lowest BCUT2D eigenvalue weighted by Crippen LogP contribution is -2.45. The number of hydrogen-bond donors (Lipinski definition) is 2. The van der Waals surface area contributed by atoms with Gasteiger partial charge < -0.3 is 68.2 Å². The number of aldehydes is 1. The van der Waals surface area contributed by atoms with Crippen molar-refractivity contribution in [1.29, 1.82) is 0 Å². The molecule has 4 unspecified atom stereocenters. The number of anilines is 2. The maximum atomic E-state index is 13.2. The Kier molecular flexibility index (Phi) is 23.9. The molecule has 95 heavy (non-hydrogen) atoms. The van der Waals surface area contributed by atoms with Gasteiger partial charge in [0.25, 0.3) is 0 Å². The van der Waals surface area contributed by atoms with Gasteiger partial charge in [-0.05, 0) is 121 Å². The third kappa shape index (κ3) is 16.3. The molecule has 17 nitrogen and oxygen atoms in total. The normalized spacial score (nSPS) is 15.4. The summed E-state index contributed by atoms with van der Waals surface area (Å²) in [6, 6.07) is 51.8. The van der Waals surface area contributed by atoms with Crippen LogP contribution in [0.3, 0.4) is 0 Å². The van der Waals surface area contributed by atoms with Crippen LogP contribution in [0.25, 0.3) is 34.4 Å². The van der Waals surface area contributed by atoms with Crippen molar-refractivity contribution < 1.29 is 61.8 Å². The Morgan fingerprint density at radius 3 is 1.31 bits per heavy atom.